The van der Waals surface area contributed by atoms with Crippen molar-refractivity contribution in [3.63, 3.8) is 0 Å². The summed E-state index contributed by atoms with van der Waals surface area (Å²) in [5.74, 6) is -0.301. The predicted molar refractivity (Wildman–Crippen MR) is 94.9 cm³/mol. The molecule has 2 aromatic rings. The van der Waals surface area contributed by atoms with E-state index >= 15 is 0 Å². The Morgan fingerprint density at radius 1 is 1.32 bits per heavy atom. The van der Waals surface area contributed by atoms with Gasteiger partial charge in [-0.2, -0.15) is 0 Å². The van der Waals surface area contributed by atoms with Crippen LogP contribution in [0.4, 0.5) is 5.82 Å². The van der Waals surface area contributed by atoms with Crippen molar-refractivity contribution in [3.05, 3.63) is 58.5 Å². The number of aryl methyl sites for hydroxylation is 1. The number of carbonyl (C=O) groups excluding carboxylic acids is 1. The molecule has 0 fully saturated rings. The highest BCUT2D eigenvalue weighted by molar-refractivity contribution is 5.76. The molecule has 0 aliphatic rings. The third kappa shape index (κ3) is 6.02. The van der Waals surface area contributed by atoms with Crippen molar-refractivity contribution in [2.75, 3.05) is 0 Å². The van der Waals surface area contributed by atoms with Gasteiger partial charge >= 0.3 is 5.82 Å². The number of carbonyl (C=O) groups is 1. The Bertz CT molecular complexity index is 719. The maximum atomic E-state index is 12.3. The van der Waals surface area contributed by atoms with Crippen molar-refractivity contribution in [2.45, 2.75) is 46.2 Å². The van der Waals surface area contributed by atoms with E-state index in [4.69, 9.17) is 0 Å². The minimum atomic E-state index is -0.550. The van der Waals surface area contributed by atoms with E-state index in [1.165, 1.54) is 12.5 Å². The van der Waals surface area contributed by atoms with E-state index in [1.807, 2.05) is 30.3 Å². The van der Waals surface area contributed by atoms with Crippen LogP contribution in [-0.2, 0) is 11.3 Å². The third-order valence-corrected chi connectivity index (χ3v) is 3.76. The lowest BCUT2D eigenvalue weighted by atomic mass is 9.85. The van der Waals surface area contributed by atoms with Gasteiger partial charge in [0.25, 0.3) is 0 Å². The molecule has 0 unspecified atom stereocenters. The number of rotatable bonds is 7. The molecule has 1 aromatic heterocycles. The molecule has 0 aliphatic carbocycles. The van der Waals surface area contributed by atoms with E-state index in [-0.39, 0.29) is 29.6 Å². The molecular formula is C18H24N4O3. The molecule has 0 aliphatic heterocycles. The maximum Gasteiger partial charge on any atom is 0.381 e. The van der Waals surface area contributed by atoms with E-state index in [2.05, 4.69) is 31.1 Å². The van der Waals surface area contributed by atoms with E-state index < -0.39 is 4.92 Å². The second-order valence-electron chi connectivity index (χ2n) is 7.27. The highest BCUT2D eigenvalue weighted by Crippen LogP contribution is 2.29. The quantitative estimate of drug-likeness (QED) is 0.615. The molecule has 7 heteroatoms. The van der Waals surface area contributed by atoms with Crippen LogP contribution in [-0.4, -0.2) is 20.4 Å². The summed E-state index contributed by atoms with van der Waals surface area (Å²) in [5, 5.41) is 13.7. The van der Waals surface area contributed by atoms with Crippen LogP contribution < -0.4 is 5.32 Å². The molecule has 0 saturated carbocycles. The van der Waals surface area contributed by atoms with Gasteiger partial charge in [0.1, 0.15) is 6.20 Å². The molecule has 25 heavy (non-hydrogen) atoms. The average Bonchev–Trinajstić information content (AvgIpc) is 3.01. The second kappa shape index (κ2) is 7.92. The Kier molecular flexibility index (Phi) is 5.90. The SMILES string of the molecule is CC(C)(C)C[C@@H](NC(=O)CCn1cnc([N+](=O)[O-])c1)c1ccccc1. The highest BCUT2D eigenvalue weighted by atomic mass is 16.6. The summed E-state index contributed by atoms with van der Waals surface area (Å²) in [6.45, 7) is 6.77. The fourth-order valence-electron chi connectivity index (χ4n) is 2.61. The predicted octanol–water partition coefficient (Wildman–Crippen LogP) is 3.48. The van der Waals surface area contributed by atoms with E-state index in [9.17, 15) is 14.9 Å². The molecule has 1 N–H and O–H groups in total. The molecule has 1 atom stereocenters. The van der Waals surface area contributed by atoms with Crippen LogP contribution in [0.2, 0.25) is 0 Å². The summed E-state index contributed by atoms with van der Waals surface area (Å²) in [6.07, 6.45) is 3.76. The topological polar surface area (TPSA) is 90.1 Å². The standard InChI is InChI=1S/C18H24N4O3/c1-18(2,3)11-15(14-7-5-4-6-8-14)20-17(23)9-10-21-12-16(19-13-21)22(24)25/h4-8,12-13,15H,9-11H2,1-3H3,(H,20,23)/t15-/m1/s1. The second-order valence-corrected chi connectivity index (χ2v) is 7.27. The molecular weight excluding hydrogens is 320 g/mol. The number of hydrogen-bond acceptors (Lipinski definition) is 4. The summed E-state index contributed by atoms with van der Waals surface area (Å²) in [6, 6.07) is 9.83. The van der Waals surface area contributed by atoms with Gasteiger partial charge < -0.3 is 20.0 Å². The summed E-state index contributed by atoms with van der Waals surface area (Å²) < 4.78 is 1.55. The smallest absolute Gasteiger partial charge is 0.358 e. The third-order valence-electron chi connectivity index (χ3n) is 3.76. The van der Waals surface area contributed by atoms with Crippen LogP contribution in [0.25, 0.3) is 0 Å². The largest absolute Gasteiger partial charge is 0.381 e. The zero-order chi connectivity index (χ0) is 18.4. The van der Waals surface area contributed by atoms with Crippen molar-refractivity contribution in [1.82, 2.24) is 14.9 Å². The zero-order valence-corrected chi connectivity index (χ0v) is 14.8. The zero-order valence-electron chi connectivity index (χ0n) is 14.8. The number of imidazole rings is 1. The molecule has 1 amide bonds. The Labute approximate surface area is 147 Å². The maximum absolute atomic E-state index is 12.3. The minimum Gasteiger partial charge on any atom is -0.358 e. The van der Waals surface area contributed by atoms with Gasteiger partial charge in [-0.25, -0.2) is 0 Å². The first-order valence-electron chi connectivity index (χ1n) is 8.25. The van der Waals surface area contributed by atoms with Crippen molar-refractivity contribution >= 4 is 11.7 Å². The fraction of sp³-hybridized carbons (Fsp3) is 0.444. The summed E-state index contributed by atoms with van der Waals surface area (Å²) >= 11 is 0. The van der Waals surface area contributed by atoms with Crippen LogP contribution in [0.5, 0.6) is 0 Å². The number of amides is 1. The lowest BCUT2D eigenvalue weighted by molar-refractivity contribution is -0.389. The Morgan fingerprint density at radius 3 is 2.56 bits per heavy atom. The molecule has 134 valence electrons. The van der Waals surface area contributed by atoms with E-state index in [0.29, 0.717) is 6.54 Å². The first kappa shape index (κ1) is 18.6. The van der Waals surface area contributed by atoms with Gasteiger partial charge in [0.15, 0.2) is 0 Å². The van der Waals surface area contributed by atoms with Gasteiger partial charge in [-0.3, -0.25) is 4.79 Å². The average molecular weight is 344 g/mol. The van der Waals surface area contributed by atoms with Crippen molar-refractivity contribution in [2.24, 2.45) is 5.41 Å². The van der Waals surface area contributed by atoms with Crippen LogP contribution in [0.1, 0.15) is 45.2 Å². The summed E-state index contributed by atoms with van der Waals surface area (Å²) in [4.78, 5) is 26.1. The Morgan fingerprint density at radius 2 is 2.00 bits per heavy atom. The molecule has 0 spiro atoms. The molecule has 0 bridgehead atoms. The van der Waals surface area contributed by atoms with Gasteiger partial charge in [-0.15, -0.1) is 0 Å². The van der Waals surface area contributed by atoms with Gasteiger partial charge in [0.05, 0.1) is 6.04 Å². The molecule has 7 nitrogen and oxygen atoms in total. The lowest BCUT2D eigenvalue weighted by Crippen LogP contribution is -2.31. The van der Waals surface area contributed by atoms with Crippen LogP contribution in [0, 0.1) is 15.5 Å². The van der Waals surface area contributed by atoms with Gasteiger partial charge in [0.2, 0.25) is 12.2 Å². The summed E-state index contributed by atoms with van der Waals surface area (Å²) in [5.41, 5.74) is 1.14. The number of benzene rings is 1. The number of nitro groups is 1. The number of aromatic nitrogens is 2. The van der Waals surface area contributed by atoms with Crippen LogP contribution in [0.15, 0.2) is 42.9 Å². The van der Waals surface area contributed by atoms with Crippen molar-refractivity contribution < 1.29 is 9.72 Å². The van der Waals surface area contributed by atoms with Gasteiger partial charge in [0, 0.05) is 13.0 Å². The van der Waals surface area contributed by atoms with E-state index in [1.54, 1.807) is 4.57 Å². The molecule has 1 aromatic carbocycles. The fourth-order valence-corrected chi connectivity index (χ4v) is 2.61. The number of nitrogens with one attached hydrogen (secondary N) is 1. The first-order chi connectivity index (χ1) is 11.7. The van der Waals surface area contributed by atoms with E-state index in [0.717, 1.165) is 12.0 Å². The van der Waals surface area contributed by atoms with Crippen LogP contribution >= 0.6 is 0 Å². The monoisotopic (exact) mass is 344 g/mol. The van der Waals surface area contributed by atoms with Crippen molar-refractivity contribution in [1.29, 1.82) is 0 Å². The molecule has 0 radical (unpaired) electrons. The molecule has 2 rings (SSSR count). The van der Waals surface area contributed by atoms with Crippen molar-refractivity contribution in [3.8, 4) is 0 Å². The highest BCUT2D eigenvalue weighted by Gasteiger charge is 2.22. The number of nitrogens with zero attached hydrogens (tertiary/aromatic N) is 3. The Hall–Kier alpha value is -2.70. The number of hydrogen-bond donors (Lipinski definition) is 1. The molecule has 0 saturated heterocycles. The first-order valence-corrected chi connectivity index (χ1v) is 8.25. The molecule has 1 heterocycles. The van der Waals surface area contributed by atoms with Gasteiger partial charge in [-0.05, 0) is 27.3 Å². The van der Waals surface area contributed by atoms with Gasteiger partial charge in [-0.1, -0.05) is 51.1 Å². The van der Waals surface area contributed by atoms with Crippen LogP contribution in [0.3, 0.4) is 0 Å². The lowest BCUT2D eigenvalue weighted by Gasteiger charge is -2.27. The normalized spacial score (nSPS) is 12.6. The Balaban J connectivity index is 1.97. The minimum absolute atomic E-state index is 0.0641. The summed E-state index contributed by atoms with van der Waals surface area (Å²) in [7, 11) is 0.